The Morgan fingerprint density at radius 3 is 1.13 bits per heavy atom. The highest BCUT2D eigenvalue weighted by Crippen LogP contribution is 2.10. The molecule has 1 atom stereocenters. The van der Waals surface area contributed by atoms with Crippen molar-refractivity contribution in [1.82, 2.24) is 0 Å². The van der Waals surface area contributed by atoms with Crippen LogP contribution in [0.4, 0.5) is 0 Å². The van der Waals surface area contributed by atoms with Gasteiger partial charge in [-0.25, -0.2) is 0 Å². The second-order valence-corrected chi connectivity index (χ2v) is 14.3. The molecule has 0 heterocycles. The van der Waals surface area contributed by atoms with Crippen LogP contribution in [0, 0.1) is 0 Å². The highest BCUT2D eigenvalue weighted by molar-refractivity contribution is 5.71. The van der Waals surface area contributed by atoms with Crippen LogP contribution >= 0.6 is 0 Å². The van der Waals surface area contributed by atoms with Gasteiger partial charge in [-0.15, -0.1) is 0 Å². The maximum absolute atomic E-state index is 12.7. The van der Waals surface area contributed by atoms with Crippen LogP contribution in [0.25, 0.3) is 0 Å². The number of ether oxygens (including phenoxy) is 3. The first-order valence-electron chi connectivity index (χ1n) is 23.1. The van der Waals surface area contributed by atoms with E-state index in [1.54, 1.807) is 0 Å². The zero-order valence-electron chi connectivity index (χ0n) is 38.1. The molecule has 0 saturated carbocycles. The smallest absolute Gasteiger partial charge is 0.306 e. The third kappa shape index (κ3) is 46.0. The highest BCUT2D eigenvalue weighted by Gasteiger charge is 2.19. The van der Waals surface area contributed by atoms with E-state index in [0.29, 0.717) is 19.3 Å². The predicted octanol–water partition coefficient (Wildman–Crippen LogP) is 15.1. The molecule has 0 aromatic rings. The zero-order valence-corrected chi connectivity index (χ0v) is 38.1. The second-order valence-electron chi connectivity index (χ2n) is 14.3. The number of unbranched alkanes of at least 4 members (excludes halogenated alkanes) is 7. The molecule has 336 valence electrons. The number of esters is 3. The van der Waals surface area contributed by atoms with Crippen molar-refractivity contribution < 1.29 is 28.6 Å². The maximum Gasteiger partial charge on any atom is 0.306 e. The van der Waals surface area contributed by atoms with Gasteiger partial charge in [0.15, 0.2) is 6.10 Å². The van der Waals surface area contributed by atoms with Crippen molar-refractivity contribution >= 4 is 17.9 Å². The molecule has 0 amide bonds. The fourth-order valence-electron chi connectivity index (χ4n) is 5.32. The summed E-state index contributed by atoms with van der Waals surface area (Å²) in [6.45, 7) is 6.07. The summed E-state index contributed by atoms with van der Waals surface area (Å²) in [7, 11) is 0. The summed E-state index contributed by atoms with van der Waals surface area (Å²) in [6.07, 6.45) is 69.5. The van der Waals surface area contributed by atoms with Gasteiger partial charge in [0, 0.05) is 19.3 Å². The van der Waals surface area contributed by atoms with E-state index in [-0.39, 0.29) is 50.4 Å². The van der Waals surface area contributed by atoms with Crippen molar-refractivity contribution in [3.05, 3.63) is 158 Å². The lowest BCUT2D eigenvalue weighted by atomic mass is 10.1. The summed E-state index contributed by atoms with van der Waals surface area (Å²) >= 11 is 0. The molecule has 0 bridgehead atoms. The minimum Gasteiger partial charge on any atom is -0.462 e. The summed E-state index contributed by atoms with van der Waals surface area (Å²) in [4.78, 5) is 37.8. The Labute approximate surface area is 371 Å². The molecule has 0 rings (SSSR count). The summed E-state index contributed by atoms with van der Waals surface area (Å²) in [5.41, 5.74) is 0. The van der Waals surface area contributed by atoms with Gasteiger partial charge in [0.05, 0.1) is 0 Å². The Morgan fingerprint density at radius 1 is 0.344 bits per heavy atom. The molecular formula is C55H80O6. The molecule has 0 aromatic carbocycles. The van der Waals surface area contributed by atoms with Crippen LogP contribution in [0.2, 0.25) is 0 Å². The first-order valence-corrected chi connectivity index (χ1v) is 23.1. The fourth-order valence-corrected chi connectivity index (χ4v) is 5.32. The molecule has 61 heavy (non-hydrogen) atoms. The lowest BCUT2D eigenvalue weighted by Gasteiger charge is -2.18. The van der Waals surface area contributed by atoms with Crippen LogP contribution in [0.5, 0.6) is 0 Å². The molecule has 1 unspecified atom stereocenters. The predicted molar refractivity (Wildman–Crippen MR) is 260 cm³/mol. The molecule has 6 nitrogen and oxygen atoms in total. The van der Waals surface area contributed by atoms with E-state index < -0.39 is 6.10 Å². The second kappa shape index (κ2) is 47.7. The van der Waals surface area contributed by atoms with Crippen molar-refractivity contribution in [2.45, 2.75) is 155 Å². The lowest BCUT2D eigenvalue weighted by Crippen LogP contribution is -2.30. The topological polar surface area (TPSA) is 78.9 Å². The summed E-state index contributed by atoms with van der Waals surface area (Å²) in [5.74, 6) is -1.10. The van der Waals surface area contributed by atoms with Crippen molar-refractivity contribution in [3.63, 3.8) is 0 Å². The molecule has 6 heteroatoms. The number of hydrogen-bond donors (Lipinski definition) is 0. The lowest BCUT2D eigenvalue weighted by molar-refractivity contribution is -0.167. The monoisotopic (exact) mass is 837 g/mol. The van der Waals surface area contributed by atoms with E-state index in [4.69, 9.17) is 14.2 Å². The van der Waals surface area contributed by atoms with E-state index in [1.165, 1.54) is 0 Å². The molecule has 0 N–H and O–H groups in total. The Hall–Kier alpha value is -4.97. The van der Waals surface area contributed by atoms with E-state index in [0.717, 1.165) is 89.9 Å². The minimum atomic E-state index is -0.844. The third-order valence-electron chi connectivity index (χ3n) is 8.70. The average Bonchev–Trinajstić information content (AvgIpc) is 3.26. The van der Waals surface area contributed by atoms with Crippen molar-refractivity contribution in [3.8, 4) is 0 Å². The number of carbonyl (C=O) groups excluding carboxylic acids is 3. The zero-order chi connectivity index (χ0) is 44.4. The molecule has 0 radical (unpaired) electrons. The van der Waals surface area contributed by atoms with Gasteiger partial charge in [-0.2, -0.15) is 0 Å². The van der Waals surface area contributed by atoms with Gasteiger partial charge in [0.2, 0.25) is 0 Å². The van der Waals surface area contributed by atoms with Gasteiger partial charge in [0.25, 0.3) is 0 Å². The van der Waals surface area contributed by atoms with E-state index in [2.05, 4.69) is 106 Å². The standard InChI is InChI=1S/C55H80O6/c1-4-7-10-13-16-19-22-25-26-27-28-31-33-36-39-42-45-48-54(57)60-51-52(61-55(58)49-46-43-40-37-34-30-24-21-18-15-12-9-6-3)50-59-53(56)47-44-41-38-35-32-29-23-20-17-14-11-8-5-2/h7-12,14-21,23-26,28-32,34,36,39,52H,4-6,13,22,27,33,35,37-38,40-51H2,1-3H3/b10-7-,11-8-,12-9-,17-14-,18-15-,19-16-,23-20-,24-21-,26-25-,31-28-,32-29-,34-30-,39-36-. The third-order valence-corrected chi connectivity index (χ3v) is 8.70. The molecule has 0 saturated heterocycles. The minimum absolute atomic E-state index is 0.141. The molecule has 0 fully saturated rings. The SMILES string of the molecule is CC\C=C/C=C\C=C/C=C\CCCCCC(=O)OCC(COC(=O)CCC/C=C\C/C=C\C/C=C\C/C=C\C/C=C\CC)OC(=O)CCCCC\C=C/C=C\C=C/C=C\CC. The van der Waals surface area contributed by atoms with Crippen molar-refractivity contribution in [2.24, 2.45) is 0 Å². The molecule has 0 spiro atoms. The Kier molecular flexibility index (Phi) is 43.8. The molecule has 0 aliphatic rings. The van der Waals surface area contributed by atoms with Gasteiger partial charge >= 0.3 is 17.9 Å². The Morgan fingerprint density at radius 2 is 0.689 bits per heavy atom. The number of carbonyl (C=O) groups is 3. The molecule has 0 aliphatic heterocycles. The Balaban J connectivity index is 4.65. The van der Waals surface area contributed by atoms with E-state index in [1.807, 2.05) is 72.9 Å². The van der Waals surface area contributed by atoms with Gasteiger partial charge in [-0.1, -0.05) is 192 Å². The summed E-state index contributed by atoms with van der Waals surface area (Å²) < 4.78 is 16.6. The van der Waals surface area contributed by atoms with Gasteiger partial charge in [0.1, 0.15) is 13.2 Å². The van der Waals surface area contributed by atoms with Crippen LogP contribution in [0.3, 0.4) is 0 Å². The van der Waals surface area contributed by atoms with Crippen LogP contribution in [-0.2, 0) is 28.6 Å². The number of rotatable bonds is 38. The first-order chi connectivity index (χ1) is 30.0. The average molecular weight is 837 g/mol. The van der Waals surface area contributed by atoms with Gasteiger partial charge in [-0.3, -0.25) is 14.4 Å². The quantitative estimate of drug-likeness (QED) is 0.0203. The van der Waals surface area contributed by atoms with Crippen LogP contribution in [-0.4, -0.2) is 37.2 Å². The summed E-state index contributed by atoms with van der Waals surface area (Å²) in [5, 5.41) is 0. The van der Waals surface area contributed by atoms with Crippen molar-refractivity contribution in [1.29, 1.82) is 0 Å². The number of allylic oxidation sites excluding steroid dienone is 26. The van der Waals surface area contributed by atoms with Gasteiger partial charge < -0.3 is 14.2 Å². The molecular weight excluding hydrogens is 757 g/mol. The largest absolute Gasteiger partial charge is 0.462 e. The van der Waals surface area contributed by atoms with Crippen molar-refractivity contribution in [2.75, 3.05) is 13.2 Å². The first kappa shape index (κ1) is 56.0. The number of hydrogen-bond acceptors (Lipinski definition) is 6. The fraction of sp³-hybridized carbons (Fsp3) is 0.473. The van der Waals surface area contributed by atoms with Crippen LogP contribution in [0.15, 0.2) is 158 Å². The van der Waals surface area contributed by atoms with E-state index in [9.17, 15) is 14.4 Å². The maximum atomic E-state index is 12.7. The normalized spacial score (nSPS) is 13.6. The van der Waals surface area contributed by atoms with Gasteiger partial charge in [-0.05, 0) is 96.3 Å². The van der Waals surface area contributed by atoms with Crippen LogP contribution in [0.1, 0.15) is 149 Å². The van der Waals surface area contributed by atoms with E-state index >= 15 is 0 Å². The molecule has 0 aliphatic carbocycles. The highest BCUT2D eigenvalue weighted by atomic mass is 16.6. The molecule has 0 aromatic heterocycles. The summed E-state index contributed by atoms with van der Waals surface area (Å²) in [6, 6.07) is 0. The Bertz CT molecular complexity index is 1470. The van der Waals surface area contributed by atoms with Crippen LogP contribution < -0.4 is 0 Å².